The van der Waals surface area contributed by atoms with Crippen LogP contribution in [0.15, 0.2) is 48.5 Å². The van der Waals surface area contributed by atoms with E-state index in [1.807, 2.05) is 0 Å². The highest BCUT2D eigenvalue weighted by Crippen LogP contribution is 2.30. The average Bonchev–Trinajstić information content (AvgIpc) is 3.45. The Bertz CT molecular complexity index is 817. The van der Waals surface area contributed by atoms with Gasteiger partial charge in [-0.15, -0.1) is 0 Å². The van der Waals surface area contributed by atoms with Gasteiger partial charge in [-0.05, 0) is 49.2 Å². The minimum Gasteiger partial charge on any atom is -0.326 e. The number of rotatable bonds is 4. The van der Waals surface area contributed by atoms with Crippen molar-refractivity contribution in [1.82, 2.24) is 10.9 Å². The van der Waals surface area contributed by atoms with Crippen molar-refractivity contribution in [2.45, 2.75) is 12.8 Å². The van der Waals surface area contributed by atoms with Gasteiger partial charge < -0.3 is 5.32 Å². The van der Waals surface area contributed by atoms with Gasteiger partial charge >= 0.3 is 0 Å². The summed E-state index contributed by atoms with van der Waals surface area (Å²) in [6, 6.07) is 13.0. The van der Waals surface area contributed by atoms with Crippen molar-refractivity contribution in [3.05, 3.63) is 64.7 Å². The Morgan fingerprint density at radius 1 is 0.880 bits per heavy atom. The zero-order valence-corrected chi connectivity index (χ0v) is 14.0. The Balaban J connectivity index is 1.55. The van der Waals surface area contributed by atoms with Crippen LogP contribution in [0.25, 0.3) is 0 Å². The first-order valence-corrected chi connectivity index (χ1v) is 8.18. The van der Waals surface area contributed by atoms with Crippen molar-refractivity contribution in [2.24, 2.45) is 5.92 Å². The molecular weight excluding hydrogens is 342 g/mol. The molecule has 0 heterocycles. The fourth-order valence-electron chi connectivity index (χ4n) is 2.19. The number of carbonyl (C=O) groups excluding carboxylic acids is 3. The zero-order valence-electron chi connectivity index (χ0n) is 13.2. The van der Waals surface area contributed by atoms with Crippen LogP contribution in [0.1, 0.15) is 33.6 Å². The predicted octanol–water partition coefficient (Wildman–Crippen LogP) is 2.76. The second kappa shape index (κ2) is 7.36. The molecule has 2 aromatic rings. The lowest BCUT2D eigenvalue weighted by molar-refractivity contribution is -0.117. The third-order valence-electron chi connectivity index (χ3n) is 3.77. The lowest BCUT2D eigenvalue weighted by Crippen LogP contribution is -2.41. The molecule has 1 aliphatic carbocycles. The lowest BCUT2D eigenvalue weighted by Gasteiger charge is -2.09. The van der Waals surface area contributed by atoms with E-state index in [0.29, 0.717) is 16.3 Å². The summed E-state index contributed by atoms with van der Waals surface area (Å²) in [6.45, 7) is 0. The third-order valence-corrected chi connectivity index (χ3v) is 4.10. The first-order chi connectivity index (χ1) is 12.0. The Morgan fingerprint density at radius 3 is 2.16 bits per heavy atom. The van der Waals surface area contributed by atoms with Gasteiger partial charge in [-0.25, -0.2) is 0 Å². The molecule has 0 aliphatic heterocycles. The molecule has 0 bridgehead atoms. The number of hydrogen-bond donors (Lipinski definition) is 3. The zero-order chi connectivity index (χ0) is 17.8. The third kappa shape index (κ3) is 4.36. The molecule has 1 saturated carbocycles. The number of hydrogen-bond acceptors (Lipinski definition) is 3. The van der Waals surface area contributed by atoms with Crippen molar-refractivity contribution in [3.63, 3.8) is 0 Å². The molecule has 0 spiro atoms. The smallest absolute Gasteiger partial charge is 0.271 e. The van der Waals surface area contributed by atoms with Crippen LogP contribution in [0.2, 0.25) is 5.02 Å². The maximum absolute atomic E-state index is 12.1. The first-order valence-electron chi connectivity index (χ1n) is 7.81. The molecule has 3 N–H and O–H groups in total. The highest BCUT2D eigenvalue weighted by molar-refractivity contribution is 6.33. The van der Waals surface area contributed by atoms with Gasteiger partial charge in [0.2, 0.25) is 5.91 Å². The fraction of sp³-hybridized carbons (Fsp3) is 0.167. The molecule has 6 nitrogen and oxygen atoms in total. The van der Waals surface area contributed by atoms with E-state index >= 15 is 0 Å². The second-order valence-corrected chi connectivity index (χ2v) is 6.14. The molecule has 1 fully saturated rings. The Kier molecular flexibility index (Phi) is 5.00. The topological polar surface area (TPSA) is 87.3 Å². The molecule has 25 heavy (non-hydrogen) atoms. The number of hydrazine groups is 1. The van der Waals surface area contributed by atoms with Crippen molar-refractivity contribution in [1.29, 1.82) is 0 Å². The van der Waals surface area contributed by atoms with Crippen LogP contribution in [-0.4, -0.2) is 17.7 Å². The standard InChI is InChI=1S/C18H16ClN3O3/c19-15-4-2-1-3-14(15)18(25)22-21-17(24)12-7-9-13(10-8-12)20-16(23)11-5-6-11/h1-4,7-11H,5-6H2,(H,20,23)(H,21,24)(H,22,25). The van der Waals surface area contributed by atoms with Crippen LogP contribution in [0.3, 0.4) is 0 Å². The van der Waals surface area contributed by atoms with E-state index < -0.39 is 11.8 Å². The minimum atomic E-state index is -0.507. The summed E-state index contributed by atoms with van der Waals surface area (Å²) in [5.74, 6) is -0.861. The molecule has 2 aromatic carbocycles. The second-order valence-electron chi connectivity index (χ2n) is 5.73. The molecule has 1 aliphatic rings. The van der Waals surface area contributed by atoms with E-state index in [-0.39, 0.29) is 17.4 Å². The summed E-state index contributed by atoms with van der Waals surface area (Å²) in [5, 5.41) is 3.09. The van der Waals surface area contributed by atoms with E-state index in [2.05, 4.69) is 16.2 Å². The van der Waals surface area contributed by atoms with Gasteiger partial charge in [-0.2, -0.15) is 0 Å². The fourth-order valence-corrected chi connectivity index (χ4v) is 2.41. The number of anilines is 1. The maximum atomic E-state index is 12.1. The number of carbonyl (C=O) groups is 3. The molecule has 128 valence electrons. The number of amides is 3. The molecule has 3 amide bonds. The number of nitrogens with one attached hydrogen (secondary N) is 3. The largest absolute Gasteiger partial charge is 0.326 e. The van der Waals surface area contributed by atoms with Crippen LogP contribution in [0, 0.1) is 5.92 Å². The molecule has 7 heteroatoms. The highest BCUT2D eigenvalue weighted by Gasteiger charge is 2.29. The molecule has 0 atom stereocenters. The van der Waals surface area contributed by atoms with Crippen LogP contribution >= 0.6 is 11.6 Å². The Morgan fingerprint density at radius 2 is 1.52 bits per heavy atom. The normalized spacial score (nSPS) is 13.0. The van der Waals surface area contributed by atoms with Crippen LogP contribution in [-0.2, 0) is 4.79 Å². The summed E-state index contributed by atoms with van der Waals surface area (Å²) in [4.78, 5) is 35.7. The van der Waals surface area contributed by atoms with E-state index in [1.54, 1.807) is 48.5 Å². The van der Waals surface area contributed by atoms with Crippen molar-refractivity contribution >= 4 is 35.0 Å². The molecule has 0 saturated heterocycles. The van der Waals surface area contributed by atoms with Gasteiger partial charge in [0.25, 0.3) is 11.8 Å². The van der Waals surface area contributed by atoms with Crippen molar-refractivity contribution in [3.8, 4) is 0 Å². The van der Waals surface area contributed by atoms with Crippen LogP contribution < -0.4 is 16.2 Å². The monoisotopic (exact) mass is 357 g/mol. The Labute approximate surface area is 149 Å². The summed E-state index contributed by atoms with van der Waals surface area (Å²) in [5.41, 5.74) is 5.89. The van der Waals surface area contributed by atoms with E-state index in [9.17, 15) is 14.4 Å². The molecular formula is C18H16ClN3O3. The van der Waals surface area contributed by atoms with Gasteiger partial charge in [0.15, 0.2) is 0 Å². The van der Waals surface area contributed by atoms with E-state index in [4.69, 9.17) is 11.6 Å². The SMILES string of the molecule is O=C(NNC(=O)c1ccccc1Cl)c1ccc(NC(=O)C2CC2)cc1. The first kappa shape index (κ1) is 17.0. The quantitative estimate of drug-likeness (QED) is 0.735. The summed E-state index contributed by atoms with van der Waals surface area (Å²) >= 11 is 5.93. The molecule has 0 unspecified atom stereocenters. The van der Waals surface area contributed by atoms with Gasteiger partial charge in [0, 0.05) is 17.2 Å². The van der Waals surface area contributed by atoms with E-state index in [1.165, 1.54) is 0 Å². The number of benzene rings is 2. The van der Waals surface area contributed by atoms with Gasteiger partial charge in [-0.1, -0.05) is 23.7 Å². The minimum absolute atomic E-state index is 0.00389. The van der Waals surface area contributed by atoms with Gasteiger partial charge in [0.1, 0.15) is 0 Å². The van der Waals surface area contributed by atoms with Crippen LogP contribution in [0.5, 0.6) is 0 Å². The summed E-state index contributed by atoms with van der Waals surface area (Å²) < 4.78 is 0. The van der Waals surface area contributed by atoms with Gasteiger partial charge in [-0.3, -0.25) is 25.2 Å². The van der Waals surface area contributed by atoms with Gasteiger partial charge in [0.05, 0.1) is 10.6 Å². The summed E-state index contributed by atoms with van der Waals surface area (Å²) in [6.07, 6.45) is 1.86. The molecule has 0 radical (unpaired) electrons. The molecule has 3 rings (SSSR count). The highest BCUT2D eigenvalue weighted by atomic mass is 35.5. The lowest BCUT2D eigenvalue weighted by atomic mass is 10.2. The Hall–Kier alpha value is -2.86. The molecule has 0 aromatic heterocycles. The van der Waals surface area contributed by atoms with Crippen molar-refractivity contribution < 1.29 is 14.4 Å². The van der Waals surface area contributed by atoms with Crippen molar-refractivity contribution in [2.75, 3.05) is 5.32 Å². The predicted molar refractivity (Wildman–Crippen MR) is 94.2 cm³/mol. The summed E-state index contributed by atoms with van der Waals surface area (Å²) in [7, 11) is 0. The van der Waals surface area contributed by atoms with Crippen LogP contribution in [0.4, 0.5) is 5.69 Å². The maximum Gasteiger partial charge on any atom is 0.271 e. The van der Waals surface area contributed by atoms with E-state index in [0.717, 1.165) is 12.8 Å². The average molecular weight is 358 g/mol. The number of halogens is 1.